The Bertz CT molecular complexity index is 1130. The van der Waals surface area contributed by atoms with Gasteiger partial charge in [-0.2, -0.15) is 15.4 Å². The maximum Gasteiger partial charge on any atom is 0.573 e. The van der Waals surface area contributed by atoms with E-state index < -0.39 is 30.6 Å². The van der Waals surface area contributed by atoms with E-state index in [1.54, 1.807) is 0 Å². The lowest BCUT2D eigenvalue weighted by Crippen LogP contribution is -2.36. The minimum Gasteiger partial charge on any atom is -0.444 e. The zero-order valence-electron chi connectivity index (χ0n) is 19.3. The average Bonchev–Trinajstić information content (AvgIpc) is 3.51. The number of nitrogens with zero attached hydrogens (tertiary/aromatic N) is 4. The Kier molecular flexibility index (Phi) is 6.47. The van der Waals surface area contributed by atoms with Crippen LogP contribution >= 0.6 is 0 Å². The van der Waals surface area contributed by atoms with Crippen molar-refractivity contribution in [1.29, 1.82) is 0 Å². The van der Waals surface area contributed by atoms with E-state index in [0.717, 1.165) is 42.8 Å². The maximum atomic E-state index is 14.1. The fourth-order valence-corrected chi connectivity index (χ4v) is 5.32. The van der Waals surface area contributed by atoms with Gasteiger partial charge in [0, 0.05) is 56.1 Å². The van der Waals surface area contributed by atoms with Crippen LogP contribution in [-0.4, -0.2) is 69.8 Å². The summed E-state index contributed by atoms with van der Waals surface area (Å²) in [6.07, 6.45) is -2.60. The molecule has 1 N–H and O–H groups in total. The number of hydrogen-bond donors (Lipinski definition) is 1. The van der Waals surface area contributed by atoms with Crippen molar-refractivity contribution in [2.24, 2.45) is 17.8 Å². The van der Waals surface area contributed by atoms with Gasteiger partial charge in [0.05, 0.1) is 11.4 Å². The molecular weight excluding hydrogens is 486 g/mol. The van der Waals surface area contributed by atoms with Gasteiger partial charge in [-0.15, -0.1) is 13.2 Å². The van der Waals surface area contributed by atoms with Crippen molar-refractivity contribution in [1.82, 2.24) is 25.2 Å². The number of likely N-dealkylation sites (tertiary alicyclic amines) is 2. The molecule has 2 fully saturated rings. The predicted octanol–water partition coefficient (Wildman–Crippen LogP) is 3.06. The summed E-state index contributed by atoms with van der Waals surface area (Å²) < 4.78 is 59.7. The van der Waals surface area contributed by atoms with E-state index in [1.165, 1.54) is 4.90 Å². The molecule has 5 rings (SSSR count). The molecule has 3 atom stereocenters. The minimum absolute atomic E-state index is 0.0607. The summed E-state index contributed by atoms with van der Waals surface area (Å²) in [7, 11) is 0. The number of aromatic nitrogens is 3. The first-order valence-corrected chi connectivity index (χ1v) is 11.8. The van der Waals surface area contributed by atoms with Gasteiger partial charge in [-0.3, -0.25) is 4.79 Å². The zero-order valence-corrected chi connectivity index (χ0v) is 19.3. The average molecular weight is 511 g/mol. The highest BCUT2D eigenvalue weighted by Gasteiger charge is 2.43. The summed E-state index contributed by atoms with van der Waals surface area (Å²) in [5.74, 6) is -1.00. The van der Waals surface area contributed by atoms with Crippen LogP contribution in [0.5, 0.6) is 5.75 Å². The van der Waals surface area contributed by atoms with Crippen LogP contribution in [0.25, 0.3) is 0 Å². The number of carbonyl (C=O) groups is 2. The lowest BCUT2D eigenvalue weighted by molar-refractivity contribution is -0.274. The molecule has 1 aromatic heterocycles. The molecule has 0 bridgehead atoms. The number of aryl methyl sites for hydroxylation is 1. The number of H-pyrrole nitrogens is 1. The van der Waals surface area contributed by atoms with Crippen molar-refractivity contribution < 1.29 is 36.6 Å². The summed E-state index contributed by atoms with van der Waals surface area (Å²) in [6, 6.07) is 2.64. The van der Waals surface area contributed by atoms with Crippen molar-refractivity contribution in [3.05, 3.63) is 41.0 Å². The van der Waals surface area contributed by atoms with Crippen LogP contribution < -0.4 is 4.74 Å². The van der Waals surface area contributed by atoms with Crippen LogP contribution in [-0.2, 0) is 29.0 Å². The number of amides is 2. The maximum absolute atomic E-state index is 14.1. The fourth-order valence-electron chi connectivity index (χ4n) is 5.32. The molecule has 1 aliphatic carbocycles. The van der Waals surface area contributed by atoms with Crippen LogP contribution in [0.2, 0.25) is 0 Å². The van der Waals surface area contributed by atoms with Crippen molar-refractivity contribution in [2.75, 3.05) is 26.2 Å². The molecule has 0 saturated carbocycles. The highest BCUT2D eigenvalue weighted by Crippen LogP contribution is 2.33. The Balaban J connectivity index is 1.07. The smallest absolute Gasteiger partial charge is 0.444 e. The molecule has 2 amide bonds. The summed E-state index contributed by atoms with van der Waals surface area (Å²) >= 11 is 0. The number of ether oxygens (including phenoxy) is 2. The van der Waals surface area contributed by atoms with Gasteiger partial charge in [-0.05, 0) is 37.3 Å². The van der Waals surface area contributed by atoms with Crippen LogP contribution in [0.1, 0.15) is 29.8 Å². The van der Waals surface area contributed by atoms with Gasteiger partial charge in [-0.25, -0.2) is 9.18 Å². The van der Waals surface area contributed by atoms with Crippen molar-refractivity contribution >= 4 is 12.0 Å². The van der Waals surface area contributed by atoms with E-state index in [2.05, 4.69) is 20.1 Å². The van der Waals surface area contributed by atoms with E-state index in [0.29, 0.717) is 38.7 Å². The second-order valence-electron chi connectivity index (χ2n) is 9.61. The first-order valence-electron chi connectivity index (χ1n) is 11.8. The molecule has 0 spiro atoms. The monoisotopic (exact) mass is 511 g/mol. The predicted molar refractivity (Wildman–Crippen MR) is 115 cm³/mol. The van der Waals surface area contributed by atoms with Gasteiger partial charge in [-0.1, -0.05) is 0 Å². The number of fused-ring (bicyclic) bond motifs is 2. The molecule has 2 saturated heterocycles. The first-order chi connectivity index (χ1) is 17.1. The molecule has 3 heterocycles. The Morgan fingerprint density at radius 3 is 2.44 bits per heavy atom. The highest BCUT2D eigenvalue weighted by atomic mass is 19.4. The molecule has 0 radical (unpaired) electrons. The standard InChI is InChI=1S/C23H25F4N5O4/c24-18-7-17(36-23(25,26)27)3-2-14(18)12-35-22(34)32-10-15-8-31(9-16(15)11-32)21(33)6-13-1-4-19-20(5-13)29-30-28-19/h2-3,7,13,15-16H,1,4-6,8-12H2,(H,28,29,30). The van der Waals surface area contributed by atoms with E-state index in [-0.39, 0.29) is 29.2 Å². The number of aromatic amines is 1. The summed E-state index contributed by atoms with van der Waals surface area (Å²) in [5.41, 5.74) is 1.86. The molecule has 3 unspecified atom stereocenters. The third-order valence-electron chi connectivity index (χ3n) is 7.14. The van der Waals surface area contributed by atoms with Gasteiger partial charge >= 0.3 is 12.5 Å². The van der Waals surface area contributed by atoms with Gasteiger partial charge in [0.15, 0.2) is 0 Å². The van der Waals surface area contributed by atoms with Crippen LogP contribution in [0.4, 0.5) is 22.4 Å². The van der Waals surface area contributed by atoms with Crippen molar-refractivity contribution in [2.45, 2.75) is 38.7 Å². The van der Waals surface area contributed by atoms with Gasteiger partial charge in [0.25, 0.3) is 0 Å². The number of alkyl halides is 3. The molecule has 3 aliphatic rings. The molecular formula is C23H25F4N5O4. The quantitative estimate of drug-likeness (QED) is 0.620. The van der Waals surface area contributed by atoms with Gasteiger partial charge in [0.2, 0.25) is 5.91 Å². The fraction of sp³-hybridized carbons (Fsp3) is 0.565. The number of benzene rings is 1. The van der Waals surface area contributed by atoms with E-state index in [4.69, 9.17) is 4.74 Å². The number of halogens is 4. The van der Waals surface area contributed by atoms with E-state index >= 15 is 0 Å². The number of nitrogens with one attached hydrogen (secondary N) is 1. The van der Waals surface area contributed by atoms with Gasteiger partial charge in [0.1, 0.15) is 18.2 Å². The topological polar surface area (TPSA) is 101 Å². The summed E-state index contributed by atoms with van der Waals surface area (Å²) in [5, 5.41) is 10.9. The largest absolute Gasteiger partial charge is 0.573 e. The first kappa shape index (κ1) is 24.3. The highest BCUT2D eigenvalue weighted by molar-refractivity contribution is 5.77. The van der Waals surface area contributed by atoms with E-state index in [9.17, 15) is 27.2 Å². The second kappa shape index (κ2) is 9.58. The number of rotatable bonds is 5. The Labute approximate surface area is 203 Å². The molecule has 1 aromatic carbocycles. The minimum atomic E-state index is -4.92. The molecule has 9 nitrogen and oxygen atoms in total. The molecule has 194 valence electrons. The third-order valence-corrected chi connectivity index (χ3v) is 7.14. The van der Waals surface area contributed by atoms with Gasteiger partial charge < -0.3 is 19.3 Å². The summed E-state index contributed by atoms with van der Waals surface area (Å²) in [6.45, 7) is 1.59. The van der Waals surface area contributed by atoms with Crippen LogP contribution in [0.15, 0.2) is 18.2 Å². The summed E-state index contributed by atoms with van der Waals surface area (Å²) in [4.78, 5) is 28.8. The third kappa shape index (κ3) is 5.39. The molecule has 2 aliphatic heterocycles. The van der Waals surface area contributed by atoms with E-state index in [1.807, 2.05) is 4.90 Å². The van der Waals surface area contributed by atoms with Crippen LogP contribution in [0, 0.1) is 23.6 Å². The zero-order chi connectivity index (χ0) is 25.4. The van der Waals surface area contributed by atoms with Crippen LogP contribution in [0.3, 0.4) is 0 Å². The Hall–Kier alpha value is -3.38. The Morgan fingerprint density at radius 2 is 1.75 bits per heavy atom. The molecule has 36 heavy (non-hydrogen) atoms. The van der Waals surface area contributed by atoms with Crippen molar-refractivity contribution in [3.63, 3.8) is 0 Å². The second-order valence-corrected chi connectivity index (χ2v) is 9.61. The molecule has 13 heteroatoms. The van der Waals surface area contributed by atoms with Crippen molar-refractivity contribution in [3.8, 4) is 5.75 Å². The SMILES string of the molecule is O=C(CC1CCc2n[nH]nc2C1)N1CC2CN(C(=O)OCc3ccc(OC(F)(F)F)cc3F)CC2C1. The molecule has 2 aromatic rings. The number of carbonyl (C=O) groups excluding carboxylic acids is 2. The lowest BCUT2D eigenvalue weighted by atomic mass is 9.87. The lowest BCUT2D eigenvalue weighted by Gasteiger charge is -2.25. The normalized spacial score (nSPS) is 23.4. The Morgan fingerprint density at radius 1 is 1.06 bits per heavy atom. The number of hydrogen-bond acceptors (Lipinski definition) is 6.